The summed E-state index contributed by atoms with van der Waals surface area (Å²) in [6, 6.07) is 7.37. The number of benzene rings is 1. The first-order valence-corrected chi connectivity index (χ1v) is 4.25. The van der Waals surface area contributed by atoms with E-state index < -0.39 is 11.5 Å². The Kier molecular flexibility index (Phi) is 1.63. The summed E-state index contributed by atoms with van der Waals surface area (Å²) >= 11 is 0. The molecule has 1 aliphatic carbocycles. The van der Waals surface area contributed by atoms with Gasteiger partial charge in [0.15, 0.2) is 5.60 Å². The predicted molar refractivity (Wildman–Crippen MR) is 47.9 cm³/mol. The zero-order chi connectivity index (χ0) is 9.47. The number of aliphatic hydroxyl groups is 1. The van der Waals surface area contributed by atoms with E-state index in [-0.39, 0.29) is 0 Å². The van der Waals surface area contributed by atoms with Crippen molar-refractivity contribution in [3.63, 3.8) is 0 Å². The Morgan fingerprint density at radius 1 is 1.46 bits per heavy atom. The Morgan fingerprint density at radius 3 is 2.85 bits per heavy atom. The van der Waals surface area contributed by atoms with Gasteiger partial charge in [-0.05, 0) is 24.0 Å². The van der Waals surface area contributed by atoms with E-state index in [4.69, 9.17) is 5.73 Å². The number of rotatable bonds is 1. The summed E-state index contributed by atoms with van der Waals surface area (Å²) in [7, 11) is 0. The fourth-order valence-corrected chi connectivity index (χ4v) is 1.85. The molecule has 0 fully saturated rings. The second kappa shape index (κ2) is 2.57. The van der Waals surface area contributed by atoms with Crippen LogP contribution in [0.1, 0.15) is 17.5 Å². The van der Waals surface area contributed by atoms with Crippen LogP contribution in [0.25, 0.3) is 0 Å². The fourth-order valence-electron chi connectivity index (χ4n) is 1.85. The Balaban J connectivity index is 2.55. The summed E-state index contributed by atoms with van der Waals surface area (Å²) in [6.45, 7) is 0. The molecule has 1 aromatic carbocycles. The summed E-state index contributed by atoms with van der Waals surface area (Å²) in [4.78, 5) is 11.1. The molecule has 1 atom stereocenters. The van der Waals surface area contributed by atoms with Crippen LogP contribution in [0.15, 0.2) is 24.3 Å². The molecule has 0 spiro atoms. The summed E-state index contributed by atoms with van der Waals surface area (Å²) in [6.07, 6.45) is 1.12. The van der Waals surface area contributed by atoms with E-state index in [9.17, 15) is 9.90 Å². The minimum atomic E-state index is -1.43. The highest BCUT2D eigenvalue weighted by Crippen LogP contribution is 2.36. The molecule has 1 aliphatic rings. The van der Waals surface area contributed by atoms with Crippen molar-refractivity contribution in [1.29, 1.82) is 0 Å². The molecule has 0 aromatic heterocycles. The van der Waals surface area contributed by atoms with Gasteiger partial charge in [0.2, 0.25) is 0 Å². The number of hydrogen-bond acceptors (Lipinski definition) is 2. The monoisotopic (exact) mass is 177 g/mol. The maximum absolute atomic E-state index is 11.1. The first-order chi connectivity index (χ1) is 6.14. The van der Waals surface area contributed by atoms with Gasteiger partial charge >= 0.3 is 0 Å². The lowest BCUT2D eigenvalue weighted by Gasteiger charge is -2.19. The van der Waals surface area contributed by atoms with Crippen LogP contribution < -0.4 is 5.73 Å². The number of primary amides is 1. The standard InChI is InChI=1S/C10H11NO2/c11-9(12)10(13)6-5-7-3-1-2-4-8(7)10/h1-4,13H,5-6H2,(H2,11,12)/t10-/m1/s1. The van der Waals surface area contributed by atoms with Crippen molar-refractivity contribution in [3.05, 3.63) is 35.4 Å². The lowest BCUT2D eigenvalue weighted by atomic mass is 9.95. The molecule has 0 bridgehead atoms. The Bertz CT molecular complexity index is 362. The number of fused-ring (bicyclic) bond motifs is 1. The molecule has 3 heteroatoms. The summed E-state index contributed by atoms with van der Waals surface area (Å²) in [5.74, 6) is -0.655. The lowest BCUT2D eigenvalue weighted by molar-refractivity contribution is -0.137. The molecule has 3 N–H and O–H groups in total. The van der Waals surface area contributed by atoms with Gasteiger partial charge in [-0.1, -0.05) is 24.3 Å². The molecule has 0 unspecified atom stereocenters. The molecular formula is C10H11NO2. The molecule has 1 aromatic rings. The molecule has 0 heterocycles. The lowest BCUT2D eigenvalue weighted by Crippen LogP contribution is -2.39. The second-order valence-electron chi connectivity index (χ2n) is 3.38. The molecule has 0 saturated carbocycles. The van der Waals surface area contributed by atoms with Crippen molar-refractivity contribution in [2.24, 2.45) is 5.73 Å². The third kappa shape index (κ3) is 1.04. The normalized spacial score (nSPS) is 25.6. The Morgan fingerprint density at radius 2 is 2.15 bits per heavy atom. The van der Waals surface area contributed by atoms with E-state index in [2.05, 4.69) is 0 Å². The number of carbonyl (C=O) groups excluding carboxylic acids is 1. The predicted octanol–water partition coefficient (Wildman–Crippen LogP) is 0.306. The molecule has 3 nitrogen and oxygen atoms in total. The summed E-state index contributed by atoms with van der Waals surface area (Å²) < 4.78 is 0. The van der Waals surface area contributed by atoms with Crippen molar-refractivity contribution >= 4 is 5.91 Å². The first kappa shape index (κ1) is 8.26. The largest absolute Gasteiger partial charge is 0.375 e. The van der Waals surface area contributed by atoms with Crippen LogP contribution in [-0.4, -0.2) is 11.0 Å². The van der Waals surface area contributed by atoms with Crippen molar-refractivity contribution < 1.29 is 9.90 Å². The van der Waals surface area contributed by atoms with Gasteiger partial charge in [-0.25, -0.2) is 0 Å². The topological polar surface area (TPSA) is 63.3 Å². The van der Waals surface area contributed by atoms with Crippen LogP contribution in [-0.2, 0) is 16.8 Å². The van der Waals surface area contributed by atoms with Crippen molar-refractivity contribution in [1.82, 2.24) is 0 Å². The van der Waals surface area contributed by atoms with Gasteiger partial charge in [0, 0.05) is 0 Å². The van der Waals surface area contributed by atoms with E-state index in [1.54, 1.807) is 12.1 Å². The Hall–Kier alpha value is -1.35. The zero-order valence-electron chi connectivity index (χ0n) is 7.16. The molecule has 13 heavy (non-hydrogen) atoms. The third-order valence-electron chi connectivity index (χ3n) is 2.63. The van der Waals surface area contributed by atoms with Gasteiger partial charge in [0.1, 0.15) is 0 Å². The second-order valence-corrected chi connectivity index (χ2v) is 3.38. The summed E-state index contributed by atoms with van der Waals surface area (Å²) in [5, 5.41) is 9.95. The number of nitrogens with two attached hydrogens (primary N) is 1. The highest BCUT2D eigenvalue weighted by Gasteiger charge is 2.41. The van der Waals surface area contributed by atoms with E-state index >= 15 is 0 Å². The third-order valence-corrected chi connectivity index (χ3v) is 2.63. The number of hydrogen-bond donors (Lipinski definition) is 2. The SMILES string of the molecule is NC(=O)[C@@]1(O)CCc2ccccc21. The van der Waals surface area contributed by atoms with Crippen LogP contribution >= 0.6 is 0 Å². The van der Waals surface area contributed by atoms with Crippen molar-refractivity contribution in [2.45, 2.75) is 18.4 Å². The molecule has 1 amide bonds. The van der Waals surface area contributed by atoms with Crippen LogP contribution in [0, 0.1) is 0 Å². The van der Waals surface area contributed by atoms with Crippen molar-refractivity contribution in [2.75, 3.05) is 0 Å². The maximum Gasteiger partial charge on any atom is 0.254 e. The molecule has 2 rings (SSSR count). The highest BCUT2D eigenvalue weighted by atomic mass is 16.3. The van der Waals surface area contributed by atoms with Crippen LogP contribution in [0.3, 0.4) is 0 Å². The summed E-state index contributed by atoms with van der Waals surface area (Å²) in [5.41, 5.74) is 5.41. The number of carbonyl (C=O) groups is 1. The van der Waals surface area contributed by atoms with E-state index in [0.717, 1.165) is 12.0 Å². The smallest absolute Gasteiger partial charge is 0.254 e. The highest BCUT2D eigenvalue weighted by molar-refractivity contribution is 5.86. The van der Waals surface area contributed by atoms with Gasteiger partial charge in [-0.2, -0.15) is 0 Å². The van der Waals surface area contributed by atoms with Crippen LogP contribution in [0.4, 0.5) is 0 Å². The fraction of sp³-hybridized carbons (Fsp3) is 0.300. The Labute approximate surface area is 76.2 Å². The van der Waals surface area contributed by atoms with Gasteiger partial charge in [-0.15, -0.1) is 0 Å². The quantitative estimate of drug-likeness (QED) is 0.648. The van der Waals surface area contributed by atoms with Gasteiger partial charge in [-0.3, -0.25) is 4.79 Å². The van der Waals surface area contributed by atoms with Crippen LogP contribution in [0.5, 0.6) is 0 Å². The van der Waals surface area contributed by atoms with Gasteiger partial charge < -0.3 is 10.8 Å². The van der Waals surface area contributed by atoms with E-state index in [0.29, 0.717) is 12.0 Å². The van der Waals surface area contributed by atoms with Crippen molar-refractivity contribution in [3.8, 4) is 0 Å². The number of aryl methyl sites for hydroxylation is 1. The molecule has 0 radical (unpaired) electrons. The average Bonchev–Trinajstić information content (AvgIpc) is 2.47. The zero-order valence-corrected chi connectivity index (χ0v) is 7.16. The van der Waals surface area contributed by atoms with Gasteiger partial charge in [0.05, 0.1) is 0 Å². The van der Waals surface area contributed by atoms with E-state index in [1.807, 2.05) is 12.1 Å². The minimum absolute atomic E-state index is 0.404. The molecule has 68 valence electrons. The molecular weight excluding hydrogens is 166 g/mol. The molecule has 0 aliphatic heterocycles. The number of amides is 1. The first-order valence-electron chi connectivity index (χ1n) is 4.25. The molecule has 0 saturated heterocycles. The van der Waals surface area contributed by atoms with Gasteiger partial charge in [0.25, 0.3) is 5.91 Å². The van der Waals surface area contributed by atoms with Crippen LogP contribution in [0.2, 0.25) is 0 Å². The maximum atomic E-state index is 11.1. The average molecular weight is 177 g/mol. The minimum Gasteiger partial charge on any atom is -0.375 e. The van der Waals surface area contributed by atoms with E-state index in [1.165, 1.54) is 0 Å².